The molecule has 24 heavy (non-hydrogen) atoms. The third-order valence-corrected chi connectivity index (χ3v) is 3.72. The molecule has 0 unspecified atom stereocenters. The number of fused-ring (bicyclic) bond motifs is 1. The number of nitrogens with zero attached hydrogens (tertiary/aromatic N) is 4. The van der Waals surface area contributed by atoms with Crippen molar-refractivity contribution in [3.8, 4) is 0 Å². The number of benzene rings is 1. The molecular weight excluding hydrogens is 317 g/mol. The van der Waals surface area contributed by atoms with E-state index in [1.54, 1.807) is 4.68 Å². The number of aryl methyl sites for hydroxylation is 1. The van der Waals surface area contributed by atoms with Crippen molar-refractivity contribution in [2.24, 2.45) is 0 Å². The van der Waals surface area contributed by atoms with Gasteiger partial charge in [0.15, 0.2) is 12.4 Å². The average Bonchev–Trinajstić information content (AvgIpc) is 2.99. The van der Waals surface area contributed by atoms with Gasteiger partial charge in [0.2, 0.25) is 5.91 Å². The highest BCUT2D eigenvalue weighted by molar-refractivity contribution is 5.99. The molecule has 0 fully saturated rings. The summed E-state index contributed by atoms with van der Waals surface area (Å²) in [6.45, 7) is 2.52. The van der Waals surface area contributed by atoms with Gasteiger partial charge in [0, 0.05) is 18.7 Å². The average molecular weight is 333 g/mol. The van der Waals surface area contributed by atoms with Crippen LogP contribution in [0.3, 0.4) is 0 Å². The second-order valence-electron chi connectivity index (χ2n) is 5.46. The molecule has 0 saturated carbocycles. The van der Waals surface area contributed by atoms with Crippen LogP contribution < -0.4 is 5.32 Å². The molecule has 126 valence electrons. The monoisotopic (exact) mass is 333 g/mol. The van der Waals surface area contributed by atoms with E-state index in [-0.39, 0.29) is 18.9 Å². The minimum atomic E-state index is -0.773. The highest BCUT2D eigenvalue weighted by Gasteiger charge is 2.32. The van der Waals surface area contributed by atoms with Crippen molar-refractivity contribution in [1.82, 2.24) is 20.2 Å². The van der Waals surface area contributed by atoms with Crippen molar-refractivity contribution in [3.05, 3.63) is 35.4 Å². The fourth-order valence-electron chi connectivity index (χ4n) is 2.60. The third-order valence-electron chi connectivity index (χ3n) is 3.72. The lowest BCUT2D eigenvalue weighted by Crippen LogP contribution is -2.28. The first kappa shape index (κ1) is 16.0. The Hall–Kier alpha value is -2.84. The number of amides is 1. The fraction of sp³-hybridized carbons (Fsp3) is 0.400. The van der Waals surface area contributed by atoms with E-state index in [4.69, 9.17) is 4.74 Å². The zero-order chi connectivity index (χ0) is 17.1. The van der Waals surface area contributed by atoms with Crippen LogP contribution in [-0.2, 0) is 27.5 Å². The lowest BCUT2D eigenvalue weighted by molar-refractivity contribution is -0.148. The van der Waals surface area contributed by atoms with Crippen LogP contribution in [0.1, 0.15) is 37.1 Å². The Morgan fingerprint density at radius 3 is 3.12 bits per heavy atom. The summed E-state index contributed by atoms with van der Waals surface area (Å²) >= 11 is 0. The summed E-state index contributed by atoms with van der Waals surface area (Å²) in [6, 6.07) is 3.92. The summed E-state index contributed by atoms with van der Waals surface area (Å²) in [5, 5.41) is 13.7. The smallest absolute Gasteiger partial charge is 0.314 e. The maximum atomic E-state index is 13.3. The van der Waals surface area contributed by atoms with Crippen LogP contribution >= 0.6 is 0 Å². The lowest BCUT2D eigenvalue weighted by Gasteiger charge is -2.24. The normalized spacial score (nSPS) is 16.4. The summed E-state index contributed by atoms with van der Waals surface area (Å²) in [5.41, 5.74) is 0.832. The van der Waals surface area contributed by atoms with Gasteiger partial charge in [-0.15, -0.1) is 5.10 Å². The minimum absolute atomic E-state index is 0.0443. The van der Waals surface area contributed by atoms with Crippen molar-refractivity contribution >= 4 is 17.6 Å². The van der Waals surface area contributed by atoms with Gasteiger partial charge in [0.05, 0.1) is 5.92 Å². The Kier molecular flexibility index (Phi) is 4.50. The van der Waals surface area contributed by atoms with E-state index >= 15 is 0 Å². The Balaban J connectivity index is 1.73. The molecule has 3 rings (SSSR count). The van der Waals surface area contributed by atoms with Crippen LogP contribution in [0.25, 0.3) is 0 Å². The number of esters is 1. The Morgan fingerprint density at radius 1 is 1.50 bits per heavy atom. The second kappa shape index (κ2) is 6.73. The number of nitrogens with one attached hydrogen (secondary N) is 1. The van der Waals surface area contributed by atoms with Gasteiger partial charge in [-0.2, -0.15) is 0 Å². The first-order valence-electron chi connectivity index (χ1n) is 7.59. The number of halogens is 1. The van der Waals surface area contributed by atoms with Crippen molar-refractivity contribution in [2.45, 2.75) is 38.8 Å². The molecule has 0 radical (unpaired) electrons. The van der Waals surface area contributed by atoms with E-state index in [1.807, 2.05) is 6.92 Å². The zero-order valence-corrected chi connectivity index (χ0v) is 13.0. The van der Waals surface area contributed by atoms with Crippen LogP contribution in [0.4, 0.5) is 10.1 Å². The highest BCUT2D eigenvalue weighted by atomic mass is 19.1. The second-order valence-corrected chi connectivity index (χ2v) is 5.46. The number of rotatable bonds is 5. The van der Waals surface area contributed by atoms with E-state index in [2.05, 4.69) is 20.8 Å². The van der Waals surface area contributed by atoms with Gasteiger partial charge in [-0.25, -0.2) is 9.07 Å². The minimum Gasteiger partial charge on any atom is -0.457 e. The molecular formula is C15H16FN5O3. The zero-order valence-electron chi connectivity index (χ0n) is 13.0. The third kappa shape index (κ3) is 3.24. The van der Waals surface area contributed by atoms with Crippen LogP contribution in [0.2, 0.25) is 0 Å². The van der Waals surface area contributed by atoms with Crippen molar-refractivity contribution in [2.75, 3.05) is 5.32 Å². The SMILES string of the molecule is CCCn1nnnc1COC(=O)[C@H]1CC(=O)Nc2cc(F)ccc21. The summed E-state index contributed by atoms with van der Waals surface area (Å²) in [4.78, 5) is 24.1. The molecule has 0 spiro atoms. The number of hydrogen-bond donors (Lipinski definition) is 1. The first-order valence-corrected chi connectivity index (χ1v) is 7.59. The molecule has 1 aromatic carbocycles. The van der Waals surface area contributed by atoms with E-state index < -0.39 is 17.7 Å². The molecule has 1 atom stereocenters. The number of hydrogen-bond acceptors (Lipinski definition) is 6. The Bertz CT molecular complexity index is 776. The predicted molar refractivity (Wildman–Crippen MR) is 80.3 cm³/mol. The molecule has 0 bridgehead atoms. The molecule has 1 aromatic heterocycles. The summed E-state index contributed by atoms with van der Waals surface area (Å²) < 4.78 is 20.1. The van der Waals surface area contributed by atoms with Gasteiger partial charge < -0.3 is 10.1 Å². The predicted octanol–water partition coefficient (Wildman–Crippen LogP) is 1.39. The Labute approximate surface area is 137 Å². The number of anilines is 1. The fourth-order valence-corrected chi connectivity index (χ4v) is 2.60. The van der Waals surface area contributed by atoms with E-state index in [1.165, 1.54) is 18.2 Å². The van der Waals surface area contributed by atoms with Crippen molar-refractivity contribution in [3.63, 3.8) is 0 Å². The number of carbonyl (C=O) groups is 2. The number of aromatic nitrogens is 4. The largest absolute Gasteiger partial charge is 0.457 e. The quantitative estimate of drug-likeness (QED) is 0.830. The first-order chi connectivity index (χ1) is 11.6. The van der Waals surface area contributed by atoms with Crippen LogP contribution in [-0.4, -0.2) is 32.1 Å². The topological polar surface area (TPSA) is 99.0 Å². The highest BCUT2D eigenvalue weighted by Crippen LogP contribution is 2.33. The van der Waals surface area contributed by atoms with Crippen molar-refractivity contribution in [1.29, 1.82) is 0 Å². The van der Waals surface area contributed by atoms with Gasteiger partial charge >= 0.3 is 5.97 Å². The van der Waals surface area contributed by atoms with Gasteiger partial charge in [0.1, 0.15) is 5.82 Å². The Morgan fingerprint density at radius 2 is 2.33 bits per heavy atom. The maximum absolute atomic E-state index is 13.3. The molecule has 1 amide bonds. The number of tetrazole rings is 1. The van der Waals surface area contributed by atoms with Crippen LogP contribution in [0.15, 0.2) is 18.2 Å². The number of ether oxygens (including phenoxy) is 1. The molecule has 0 aliphatic carbocycles. The number of carbonyl (C=O) groups excluding carboxylic acids is 2. The molecule has 1 N–H and O–H groups in total. The van der Waals surface area contributed by atoms with Gasteiger partial charge in [0.25, 0.3) is 0 Å². The molecule has 1 aliphatic heterocycles. The molecule has 8 nitrogen and oxygen atoms in total. The van der Waals surface area contributed by atoms with Gasteiger partial charge in [-0.1, -0.05) is 13.0 Å². The maximum Gasteiger partial charge on any atom is 0.314 e. The standard InChI is InChI=1S/C15H16FN5O3/c1-2-5-21-13(18-19-20-21)8-24-15(23)11-7-14(22)17-12-6-9(16)3-4-10(11)12/h3-4,6,11H,2,5,7-8H2,1H3,(H,17,22)/t11-/m0/s1. The van der Waals surface area contributed by atoms with Crippen LogP contribution in [0.5, 0.6) is 0 Å². The van der Waals surface area contributed by atoms with Crippen molar-refractivity contribution < 1.29 is 18.7 Å². The lowest BCUT2D eigenvalue weighted by atomic mass is 9.90. The molecule has 2 heterocycles. The summed E-state index contributed by atoms with van der Waals surface area (Å²) in [7, 11) is 0. The van der Waals surface area contributed by atoms with E-state index in [0.29, 0.717) is 23.6 Å². The van der Waals surface area contributed by atoms with E-state index in [0.717, 1.165) is 6.42 Å². The molecule has 2 aromatic rings. The van der Waals surface area contributed by atoms with Crippen LogP contribution in [0, 0.1) is 5.82 Å². The summed E-state index contributed by atoms with van der Waals surface area (Å²) in [5.74, 6) is -1.74. The molecule has 0 saturated heterocycles. The molecule has 1 aliphatic rings. The van der Waals surface area contributed by atoms with E-state index in [9.17, 15) is 14.0 Å². The molecule has 9 heteroatoms. The summed E-state index contributed by atoms with van der Waals surface area (Å²) in [6.07, 6.45) is 0.797. The van der Waals surface area contributed by atoms with Gasteiger partial charge in [-0.05, 0) is 34.5 Å². The van der Waals surface area contributed by atoms with Gasteiger partial charge in [-0.3, -0.25) is 9.59 Å².